The molecule has 0 aliphatic rings. The molecule has 0 radical (unpaired) electrons. The predicted octanol–water partition coefficient (Wildman–Crippen LogP) is 3.54. The van der Waals surface area contributed by atoms with Crippen LogP contribution in [0.4, 0.5) is 0 Å². The van der Waals surface area contributed by atoms with E-state index in [1.54, 1.807) is 0 Å². The molecule has 0 aromatic heterocycles. The summed E-state index contributed by atoms with van der Waals surface area (Å²) < 4.78 is 0. The van der Waals surface area contributed by atoms with Crippen molar-refractivity contribution in [3.63, 3.8) is 0 Å². The van der Waals surface area contributed by atoms with E-state index in [0.29, 0.717) is 0 Å². The Morgan fingerprint density at radius 2 is 1.87 bits per heavy atom. The smallest absolute Gasteiger partial charge is 0.330 e. The van der Waals surface area contributed by atoms with Crippen molar-refractivity contribution < 1.29 is 9.90 Å². The van der Waals surface area contributed by atoms with Gasteiger partial charge in [0.25, 0.3) is 0 Å². The zero-order valence-electron chi connectivity index (χ0n) is 8.48. The van der Waals surface area contributed by atoms with Gasteiger partial charge in [-0.25, -0.2) is 4.79 Å². The van der Waals surface area contributed by atoms with E-state index < -0.39 is 5.97 Å². The lowest BCUT2D eigenvalue weighted by molar-refractivity contribution is -0.132. The van der Waals surface area contributed by atoms with Crippen molar-refractivity contribution in [3.8, 4) is 0 Å². The first-order valence-electron chi connectivity index (χ1n) is 4.28. The molecule has 1 rings (SSSR count). The third-order valence-corrected chi connectivity index (χ3v) is 1.55. The zero-order valence-corrected chi connectivity index (χ0v) is 9.24. The van der Waals surface area contributed by atoms with Gasteiger partial charge in [-0.15, -0.1) is 0 Å². The quantitative estimate of drug-likeness (QED) is 0.781. The van der Waals surface area contributed by atoms with Gasteiger partial charge in [-0.1, -0.05) is 48.5 Å². The van der Waals surface area contributed by atoms with Crippen molar-refractivity contribution in [2.75, 3.05) is 0 Å². The molecular weight excluding hydrogens is 212 g/mol. The molecule has 0 unspecified atom stereocenters. The summed E-state index contributed by atoms with van der Waals surface area (Å²) in [6, 6.07) is 9.93. The highest BCUT2D eigenvalue weighted by atomic mass is 35.5. The lowest BCUT2D eigenvalue weighted by atomic mass is 10.2. The fraction of sp³-hybridized carbons (Fsp3) is 0.0833. The number of hydrogen-bond donors (Lipinski definition) is 1. The van der Waals surface area contributed by atoms with Gasteiger partial charge in [-0.3, -0.25) is 0 Å². The van der Waals surface area contributed by atoms with Crippen molar-refractivity contribution in [3.05, 3.63) is 53.6 Å². The highest BCUT2D eigenvalue weighted by Gasteiger charge is 1.90. The first-order chi connectivity index (χ1) is 7.07. The minimum Gasteiger partial charge on any atom is -0.478 e. The van der Waals surface area contributed by atoms with Crippen LogP contribution in [0, 0.1) is 0 Å². The molecule has 0 saturated heterocycles. The molecule has 0 bridgehead atoms. The van der Waals surface area contributed by atoms with Crippen molar-refractivity contribution in [2.24, 2.45) is 0 Å². The molecule has 1 aromatic rings. The summed E-state index contributed by atoms with van der Waals surface area (Å²) in [4.78, 5) is 9.60. The molecule has 0 aliphatic carbocycles. The van der Waals surface area contributed by atoms with Crippen molar-refractivity contribution in [1.29, 1.82) is 0 Å². The van der Waals surface area contributed by atoms with Crippen LogP contribution in [0.25, 0.3) is 6.08 Å². The fourth-order valence-corrected chi connectivity index (χ4v) is 0.782. The highest BCUT2D eigenvalue weighted by Crippen LogP contribution is 2.00. The molecule has 0 saturated carbocycles. The number of carboxylic acids is 1. The van der Waals surface area contributed by atoms with Gasteiger partial charge in [0.15, 0.2) is 0 Å². The van der Waals surface area contributed by atoms with E-state index in [2.05, 4.69) is 6.58 Å². The summed E-state index contributed by atoms with van der Waals surface area (Å²) in [5.74, 6) is -0.935. The van der Waals surface area contributed by atoms with Gasteiger partial charge >= 0.3 is 5.97 Å². The lowest BCUT2D eigenvalue weighted by Gasteiger charge is -1.86. The molecule has 15 heavy (non-hydrogen) atoms. The molecule has 0 amide bonds. The maximum absolute atomic E-state index is 9.60. The normalized spacial score (nSPS) is 9.20. The van der Waals surface area contributed by atoms with Gasteiger partial charge in [-0.2, -0.15) is 0 Å². The SMILES string of the molecule is C=C(C)C(=O)O.ClC=Cc1ccccc1. The van der Waals surface area contributed by atoms with Crippen LogP contribution in [-0.2, 0) is 4.79 Å². The van der Waals surface area contributed by atoms with Crippen LogP contribution in [0.1, 0.15) is 12.5 Å². The number of rotatable bonds is 2. The van der Waals surface area contributed by atoms with E-state index in [0.717, 1.165) is 5.56 Å². The van der Waals surface area contributed by atoms with E-state index in [-0.39, 0.29) is 5.57 Å². The molecule has 0 spiro atoms. The van der Waals surface area contributed by atoms with E-state index in [1.807, 2.05) is 36.4 Å². The summed E-state index contributed by atoms with van der Waals surface area (Å²) in [6.45, 7) is 4.60. The molecule has 1 N–H and O–H groups in total. The monoisotopic (exact) mass is 224 g/mol. The van der Waals surface area contributed by atoms with Crippen LogP contribution in [0.15, 0.2) is 48.0 Å². The van der Waals surface area contributed by atoms with Crippen LogP contribution in [0.5, 0.6) is 0 Å². The summed E-state index contributed by atoms with van der Waals surface area (Å²) in [6.07, 6.45) is 1.85. The Balaban J connectivity index is 0.000000288. The Bertz CT molecular complexity index is 330. The first kappa shape index (κ1) is 13.5. The second-order valence-corrected chi connectivity index (χ2v) is 3.04. The van der Waals surface area contributed by atoms with Gasteiger partial charge in [0.2, 0.25) is 0 Å². The molecular formula is C12H13ClO2. The zero-order chi connectivity index (χ0) is 11.7. The van der Waals surface area contributed by atoms with Crippen LogP contribution < -0.4 is 0 Å². The second-order valence-electron chi connectivity index (χ2n) is 2.79. The molecule has 2 nitrogen and oxygen atoms in total. The maximum atomic E-state index is 9.60. The van der Waals surface area contributed by atoms with E-state index in [4.69, 9.17) is 16.7 Å². The highest BCUT2D eigenvalue weighted by molar-refractivity contribution is 6.27. The van der Waals surface area contributed by atoms with Gasteiger partial charge in [0.05, 0.1) is 0 Å². The fourth-order valence-electron chi connectivity index (χ4n) is 0.637. The molecule has 80 valence electrons. The molecule has 0 heterocycles. The topological polar surface area (TPSA) is 37.3 Å². The van der Waals surface area contributed by atoms with Gasteiger partial charge in [-0.05, 0) is 18.6 Å². The van der Waals surface area contributed by atoms with Gasteiger partial charge in [0, 0.05) is 11.1 Å². The van der Waals surface area contributed by atoms with Crippen molar-refractivity contribution in [2.45, 2.75) is 6.92 Å². The molecule has 3 heteroatoms. The number of halogens is 1. The summed E-state index contributed by atoms with van der Waals surface area (Å²) in [7, 11) is 0. The average Bonchev–Trinajstić information content (AvgIpc) is 2.20. The van der Waals surface area contributed by atoms with Crippen molar-refractivity contribution in [1.82, 2.24) is 0 Å². The van der Waals surface area contributed by atoms with Crippen LogP contribution in [0.2, 0.25) is 0 Å². The first-order valence-corrected chi connectivity index (χ1v) is 4.72. The third kappa shape index (κ3) is 7.52. The van der Waals surface area contributed by atoms with Crippen LogP contribution in [0.3, 0.4) is 0 Å². The van der Waals surface area contributed by atoms with Gasteiger partial charge < -0.3 is 5.11 Å². The third-order valence-electron chi connectivity index (χ3n) is 1.42. The summed E-state index contributed by atoms with van der Waals surface area (Å²) in [5.41, 5.74) is 2.82. The number of hydrogen-bond acceptors (Lipinski definition) is 1. The minimum atomic E-state index is -0.935. The molecule has 1 aromatic carbocycles. The Kier molecular flexibility index (Phi) is 7.02. The molecule has 0 aliphatic heterocycles. The summed E-state index contributed by atoms with van der Waals surface area (Å²) >= 11 is 5.36. The summed E-state index contributed by atoms with van der Waals surface area (Å²) in [5, 5.41) is 7.89. The van der Waals surface area contributed by atoms with E-state index >= 15 is 0 Å². The Morgan fingerprint density at radius 1 is 1.40 bits per heavy atom. The molecule has 0 atom stereocenters. The number of aliphatic carboxylic acids is 1. The van der Waals surface area contributed by atoms with E-state index in [9.17, 15) is 4.79 Å². The van der Waals surface area contributed by atoms with E-state index in [1.165, 1.54) is 12.5 Å². The molecule has 0 fully saturated rings. The average molecular weight is 225 g/mol. The Hall–Kier alpha value is -1.54. The van der Waals surface area contributed by atoms with Gasteiger partial charge in [0.1, 0.15) is 0 Å². The lowest BCUT2D eigenvalue weighted by Crippen LogP contribution is -1.92. The number of benzene rings is 1. The minimum absolute atomic E-state index is 0.176. The standard InChI is InChI=1S/C8H7Cl.C4H6O2/c9-7-6-8-4-2-1-3-5-8;1-3(2)4(5)6/h1-7H;1H2,2H3,(H,5,6). The van der Waals surface area contributed by atoms with Crippen LogP contribution >= 0.6 is 11.6 Å². The number of carbonyl (C=O) groups is 1. The largest absolute Gasteiger partial charge is 0.478 e. The second kappa shape index (κ2) is 7.83. The Labute approximate surface area is 94.5 Å². The Morgan fingerprint density at radius 3 is 2.20 bits per heavy atom. The predicted molar refractivity (Wildman–Crippen MR) is 63.8 cm³/mol. The maximum Gasteiger partial charge on any atom is 0.330 e. The van der Waals surface area contributed by atoms with Crippen LogP contribution in [-0.4, -0.2) is 11.1 Å². The number of carboxylic acid groups (broad SMARTS) is 1. The van der Waals surface area contributed by atoms with Crippen molar-refractivity contribution >= 4 is 23.6 Å².